The Morgan fingerprint density at radius 2 is 1.66 bits per heavy atom. The predicted molar refractivity (Wildman–Crippen MR) is 103 cm³/mol. The van der Waals surface area contributed by atoms with E-state index in [-0.39, 0.29) is 17.9 Å². The van der Waals surface area contributed by atoms with E-state index >= 15 is 0 Å². The van der Waals surface area contributed by atoms with Gasteiger partial charge in [-0.25, -0.2) is 4.79 Å². The molecule has 0 saturated heterocycles. The molecule has 0 unspecified atom stereocenters. The minimum absolute atomic E-state index is 0.0607. The van der Waals surface area contributed by atoms with Crippen molar-refractivity contribution >= 4 is 39.4 Å². The monoisotopic (exact) mass is 513 g/mol. The number of rotatable bonds is 9. The Bertz CT molecular complexity index is 846. The van der Waals surface area contributed by atoms with Gasteiger partial charge in [-0.3, -0.25) is 14.4 Å². The molecule has 0 aliphatic carbocycles. The Labute approximate surface area is 183 Å². The van der Waals surface area contributed by atoms with E-state index < -0.39 is 48.3 Å². The first-order valence-electron chi connectivity index (χ1n) is 8.13. The summed E-state index contributed by atoms with van der Waals surface area (Å²) in [6, 6.07) is 1.08. The molecule has 0 saturated carbocycles. The molecule has 0 fully saturated rings. The second-order valence-electron chi connectivity index (χ2n) is 5.61. The van der Waals surface area contributed by atoms with Crippen LogP contribution in [0.3, 0.4) is 0 Å². The van der Waals surface area contributed by atoms with Crippen molar-refractivity contribution in [3.8, 4) is 0 Å². The average Bonchev–Trinajstić information content (AvgIpc) is 2.64. The van der Waals surface area contributed by atoms with Crippen LogP contribution in [0.25, 0.3) is 0 Å². The lowest BCUT2D eigenvalue weighted by atomic mass is 10.2. The van der Waals surface area contributed by atoms with E-state index in [4.69, 9.17) is 20.7 Å². The molecule has 1 heterocycles. The molecule has 0 spiro atoms. The van der Waals surface area contributed by atoms with E-state index in [1.165, 1.54) is 21.6 Å². The van der Waals surface area contributed by atoms with E-state index in [1.807, 2.05) is 0 Å². The molecule has 17 heteroatoms. The summed E-state index contributed by atoms with van der Waals surface area (Å²) >= 11 is 0. The minimum Gasteiger partial charge on any atom is -0.480 e. The smallest absolute Gasteiger partial charge is 0.480 e. The number of nitrogens with one attached hydrogen (secondary N) is 1. The number of hydrogen-bond donors (Lipinski definition) is 4. The number of carboxylic acid groups (broad SMARTS) is 2. The molecule has 9 nitrogen and oxygen atoms in total. The Morgan fingerprint density at radius 3 is 2.12 bits per heavy atom. The molecule has 1 aromatic rings. The van der Waals surface area contributed by atoms with Crippen LogP contribution >= 0.6 is 21.6 Å². The minimum atomic E-state index is -5.08. The Morgan fingerprint density at radius 1 is 1.09 bits per heavy atom. The van der Waals surface area contributed by atoms with E-state index in [0.717, 1.165) is 18.3 Å². The van der Waals surface area contributed by atoms with Crippen molar-refractivity contribution in [1.82, 2.24) is 9.88 Å². The summed E-state index contributed by atoms with van der Waals surface area (Å²) < 4.78 is 69.3. The van der Waals surface area contributed by atoms with Crippen LogP contribution in [0.2, 0.25) is 0 Å². The zero-order chi connectivity index (χ0) is 25.1. The van der Waals surface area contributed by atoms with E-state index in [2.05, 4.69) is 5.32 Å². The lowest BCUT2D eigenvalue weighted by Crippen LogP contribution is -2.32. The molecule has 0 aromatic carbocycles. The second kappa shape index (κ2) is 13.2. The number of carboxylic acids is 2. The molecule has 182 valence electrons. The number of carbonyl (C=O) groups is 3. The van der Waals surface area contributed by atoms with Crippen LogP contribution in [0, 0.1) is 0 Å². The summed E-state index contributed by atoms with van der Waals surface area (Å²) in [5.74, 6) is -3.81. The lowest BCUT2D eigenvalue weighted by Gasteiger charge is -2.11. The Hall–Kier alpha value is -2.40. The first kappa shape index (κ1) is 29.6. The second-order valence-corrected chi connectivity index (χ2v) is 8.24. The van der Waals surface area contributed by atoms with Crippen LogP contribution in [0.1, 0.15) is 10.4 Å². The molecule has 1 aromatic heterocycles. The topological polar surface area (TPSA) is 152 Å². The third-order valence-corrected chi connectivity index (χ3v) is 5.40. The van der Waals surface area contributed by atoms with Gasteiger partial charge in [-0.2, -0.15) is 26.3 Å². The highest BCUT2D eigenvalue weighted by molar-refractivity contribution is 8.76. The summed E-state index contributed by atoms with van der Waals surface area (Å²) in [5.41, 5.74) is 4.40. The number of nitrogens with zero attached hydrogens (tertiary/aromatic N) is 1. The van der Waals surface area contributed by atoms with Crippen LogP contribution in [-0.2, 0) is 16.1 Å². The third kappa shape index (κ3) is 13.1. The van der Waals surface area contributed by atoms with Crippen molar-refractivity contribution < 1.29 is 50.9 Å². The molecular formula is C15H17F6N3O6S2. The maximum Gasteiger partial charge on any atom is 0.490 e. The van der Waals surface area contributed by atoms with Gasteiger partial charge in [0.15, 0.2) is 0 Å². The van der Waals surface area contributed by atoms with Gasteiger partial charge in [0.25, 0.3) is 11.5 Å². The fourth-order valence-electron chi connectivity index (χ4n) is 1.54. The van der Waals surface area contributed by atoms with E-state index in [9.17, 15) is 40.7 Å². The van der Waals surface area contributed by atoms with Gasteiger partial charge in [-0.05, 0) is 6.07 Å². The number of alkyl halides is 6. The van der Waals surface area contributed by atoms with Crippen LogP contribution in [-0.4, -0.2) is 69.1 Å². The SMILES string of the molecule is N[C@@H](CSSCCNC(=O)c1ccc(=O)n(CC(F)(F)F)c1)C(=O)O.O=C(O)C(F)(F)F. The van der Waals surface area contributed by atoms with Gasteiger partial charge in [0, 0.05) is 30.3 Å². The normalized spacial score (nSPS) is 12.3. The summed E-state index contributed by atoms with van der Waals surface area (Å²) in [6.07, 6.45) is -8.79. The molecular weight excluding hydrogens is 496 g/mol. The molecule has 32 heavy (non-hydrogen) atoms. The van der Waals surface area contributed by atoms with Crippen LogP contribution < -0.4 is 16.6 Å². The van der Waals surface area contributed by atoms with Crippen molar-refractivity contribution in [2.45, 2.75) is 24.9 Å². The van der Waals surface area contributed by atoms with Crippen molar-refractivity contribution in [2.24, 2.45) is 5.73 Å². The number of aliphatic carboxylic acids is 2. The van der Waals surface area contributed by atoms with Gasteiger partial charge < -0.3 is 25.8 Å². The number of nitrogens with two attached hydrogens (primary N) is 1. The molecule has 0 aliphatic heterocycles. The highest BCUT2D eigenvalue weighted by Crippen LogP contribution is 2.21. The first-order chi connectivity index (χ1) is 14.5. The van der Waals surface area contributed by atoms with Gasteiger partial charge in [-0.15, -0.1) is 0 Å². The van der Waals surface area contributed by atoms with Crippen molar-refractivity contribution in [3.63, 3.8) is 0 Å². The molecule has 0 radical (unpaired) electrons. The molecule has 0 aliphatic rings. The number of pyridine rings is 1. The van der Waals surface area contributed by atoms with Crippen molar-refractivity contribution in [2.75, 3.05) is 18.1 Å². The van der Waals surface area contributed by atoms with Gasteiger partial charge in [-0.1, -0.05) is 21.6 Å². The highest BCUT2D eigenvalue weighted by Gasteiger charge is 2.38. The van der Waals surface area contributed by atoms with Crippen LogP contribution in [0.5, 0.6) is 0 Å². The summed E-state index contributed by atoms with van der Waals surface area (Å²) in [6.45, 7) is -1.25. The first-order valence-corrected chi connectivity index (χ1v) is 10.6. The zero-order valence-corrected chi connectivity index (χ0v) is 17.4. The maximum absolute atomic E-state index is 12.4. The molecule has 1 rings (SSSR count). The molecule has 0 bridgehead atoms. The molecule has 1 amide bonds. The Kier molecular flexibility index (Phi) is 12.2. The number of carbonyl (C=O) groups excluding carboxylic acids is 1. The van der Waals surface area contributed by atoms with Gasteiger partial charge in [0.05, 0.1) is 5.56 Å². The average molecular weight is 513 g/mol. The van der Waals surface area contributed by atoms with Gasteiger partial charge in [0.1, 0.15) is 12.6 Å². The van der Waals surface area contributed by atoms with E-state index in [1.54, 1.807) is 0 Å². The highest BCUT2D eigenvalue weighted by atomic mass is 33.1. The molecule has 5 N–H and O–H groups in total. The third-order valence-electron chi connectivity index (χ3n) is 2.96. The van der Waals surface area contributed by atoms with Gasteiger partial charge >= 0.3 is 24.3 Å². The summed E-state index contributed by atoms with van der Waals surface area (Å²) in [4.78, 5) is 42.7. The largest absolute Gasteiger partial charge is 0.490 e. The zero-order valence-electron chi connectivity index (χ0n) is 15.8. The number of hydrogen-bond acceptors (Lipinski definition) is 7. The number of halogens is 6. The Balaban J connectivity index is 0.00000118. The lowest BCUT2D eigenvalue weighted by molar-refractivity contribution is -0.192. The van der Waals surface area contributed by atoms with Crippen LogP contribution in [0.15, 0.2) is 23.1 Å². The summed E-state index contributed by atoms with van der Waals surface area (Å²) in [5, 5.41) is 18.2. The fraction of sp³-hybridized carbons (Fsp3) is 0.467. The van der Waals surface area contributed by atoms with Crippen molar-refractivity contribution in [1.29, 1.82) is 0 Å². The van der Waals surface area contributed by atoms with Gasteiger partial charge in [0.2, 0.25) is 0 Å². The van der Waals surface area contributed by atoms with Crippen LogP contribution in [0.4, 0.5) is 26.3 Å². The quantitative estimate of drug-likeness (QED) is 0.219. The summed E-state index contributed by atoms with van der Waals surface area (Å²) in [7, 11) is 2.54. The maximum atomic E-state index is 12.4. The number of amides is 1. The molecule has 1 atom stereocenters. The van der Waals surface area contributed by atoms with Crippen molar-refractivity contribution in [3.05, 3.63) is 34.2 Å². The fourth-order valence-corrected chi connectivity index (χ4v) is 3.56. The predicted octanol–water partition coefficient (Wildman–Crippen LogP) is 1.57. The standard InChI is InChI=1S/C13H16F3N3O4S2.C2HF3O2/c14-13(15,16)7-19-5-8(1-2-10(19)20)11(21)18-3-4-24-25-6-9(17)12(22)23;3-2(4,5)1(6)7/h1-2,5,9H,3-4,6-7,17H2,(H,18,21)(H,22,23);(H,6,7)/t9-;/m0./s1. The van der Waals surface area contributed by atoms with E-state index in [0.29, 0.717) is 10.3 Å². The number of aromatic nitrogens is 1.